The fourth-order valence-corrected chi connectivity index (χ4v) is 3.70. The number of rotatable bonds is 5. The van der Waals surface area contributed by atoms with Gasteiger partial charge in [-0.15, -0.1) is 24.0 Å². The number of methoxy groups -OCH3 is 1. The molecule has 0 spiro atoms. The smallest absolute Gasteiger partial charge is 0.193 e. The lowest BCUT2D eigenvalue weighted by molar-refractivity contribution is 0.157. The Morgan fingerprint density at radius 1 is 1.46 bits per heavy atom. The molecule has 1 heterocycles. The molecule has 1 aromatic carbocycles. The van der Waals surface area contributed by atoms with E-state index in [0.29, 0.717) is 5.92 Å². The van der Waals surface area contributed by atoms with E-state index in [2.05, 4.69) is 27.3 Å². The van der Waals surface area contributed by atoms with Crippen LogP contribution in [0, 0.1) is 5.92 Å². The highest BCUT2D eigenvalue weighted by molar-refractivity contribution is 14.0. The van der Waals surface area contributed by atoms with Crippen LogP contribution in [0.25, 0.3) is 0 Å². The van der Waals surface area contributed by atoms with E-state index in [1.807, 2.05) is 19.2 Å². The molecule has 0 aromatic heterocycles. The maximum absolute atomic E-state index is 6.15. The third kappa shape index (κ3) is 4.55. The molecule has 3 rings (SSSR count). The third-order valence-corrected chi connectivity index (χ3v) is 5.31. The van der Waals surface area contributed by atoms with Crippen LogP contribution in [-0.4, -0.2) is 51.3 Å². The predicted octanol–water partition coefficient (Wildman–Crippen LogP) is 3.53. The summed E-state index contributed by atoms with van der Waals surface area (Å²) in [5.74, 6) is 1.62. The molecule has 134 valence electrons. The lowest BCUT2D eigenvalue weighted by Crippen LogP contribution is -2.43. The average Bonchev–Trinajstić information content (AvgIpc) is 3.21. The highest BCUT2D eigenvalue weighted by Gasteiger charge is 2.44. The molecule has 0 bridgehead atoms. The minimum atomic E-state index is 0. The van der Waals surface area contributed by atoms with Crippen molar-refractivity contribution < 1.29 is 4.74 Å². The van der Waals surface area contributed by atoms with E-state index in [-0.39, 0.29) is 29.4 Å². The Morgan fingerprint density at radius 2 is 2.25 bits per heavy atom. The van der Waals surface area contributed by atoms with E-state index in [0.717, 1.165) is 37.2 Å². The fourth-order valence-electron chi connectivity index (χ4n) is 3.51. The molecule has 0 amide bonds. The first-order valence-corrected chi connectivity index (χ1v) is 8.75. The number of halogens is 2. The first kappa shape index (κ1) is 19.8. The molecule has 0 radical (unpaired) electrons. The third-order valence-electron chi connectivity index (χ3n) is 5.07. The monoisotopic (exact) mass is 463 g/mol. The standard InChI is InChI=1S/C18H26ClN3O.HI/c1-20-17(22-9-6-14(11-22)12-23-2)21-13-18(7-8-18)15-4-3-5-16(19)10-15;/h3-5,10,14H,6-9,11-13H2,1-2H3,(H,20,21);1H. The van der Waals surface area contributed by atoms with E-state index < -0.39 is 0 Å². The van der Waals surface area contributed by atoms with Crippen LogP contribution in [0.3, 0.4) is 0 Å². The van der Waals surface area contributed by atoms with Gasteiger partial charge in [0, 0.05) is 50.1 Å². The van der Waals surface area contributed by atoms with Gasteiger partial charge in [0.05, 0.1) is 6.61 Å². The van der Waals surface area contributed by atoms with Crippen molar-refractivity contribution in [3.8, 4) is 0 Å². The van der Waals surface area contributed by atoms with Crippen LogP contribution in [0.2, 0.25) is 5.02 Å². The number of guanidine groups is 1. The van der Waals surface area contributed by atoms with Crippen molar-refractivity contribution in [3.05, 3.63) is 34.9 Å². The van der Waals surface area contributed by atoms with Crippen molar-refractivity contribution >= 4 is 41.5 Å². The van der Waals surface area contributed by atoms with Crippen LogP contribution in [0.5, 0.6) is 0 Å². The summed E-state index contributed by atoms with van der Waals surface area (Å²) in [6.07, 6.45) is 3.60. The summed E-state index contributed by atoms with van der Waals surface area (Å²) in [6.45, 7) is 3.83. The SMILES string of the molecule is CN=C(NCC1(c2cccc(Cl)c2)CC1)N1CCC(COC)C1.I. The lowest BCUT2D eigenvalue weighted by Gasteiger charge is -2.24. The Balaban J connectivity index is 0.00000208. The molecule has 1 saturated heterocycles. The predicted molar refractivity (Wildman–Crippen MR) is 111 cm³/mol. The highest BCUT2D eigenvalue weighted by Crippen LogP contribution is 2.48. The fraction of sp³-hybridized carbons (Fsp3) is 0.611. The first-order valence-electron chi connectivity index (χ1n) is 8.37. The zero-order chi connectivity index (χ0) is 16.3. The first-order chi connectivity index (χ1) is 11.2. The van der Waals surface area contributed by atoms with Crippen molar-refractivity contribution in [1.29, 1.82) is 0 Å². The second-order valence-electron chi connectivity index (χ2n) is 6.75. The largest absolute Gasteiger partial charge is 0.384 e. The molecule has 6 heteroatoms. The molecule has 1 aliphatic carbocycles. The summed E-state index contributed by atoms with van der Waals surface area (Å²) in [6, 6.07) is 8.27. The Labute approximate surface area is 167 Å². The van der Waals surface area contributed by atoms with Gasteiger partial charge in [0.1, 0.15) is 0 Å². The topological polar surface area (TPSA) is 36.9 Å². The van der Waals surface area contributed by atoms with Crippen LogP contribution in [0.15, 0.2) is 29.3 Å². The maximum atomic E-state index is 6.15. The van der Waals surface area contributed by atoms with Crippen LogP contribution >= 0.6 is 35.6 Å². The van der Waals surface area contributed by atoms with Gasteiger partial charge in [-0.1, -0.05) is 23.7 Å². The molecule has 2 aliphatic rings. The molecular weight excluding hydrogens is 437 g/mol. The van der Waals surface area contributed by atoms with E-state index >= 15 is 0 Å². The van der Waals surface area contributed by atoms with E-state index in [4.69, 9.17) is 16.3 Å². The number of aliphatic imine (C=N–C) groups is 1. The summed E-state index contributed by atoms with van der Waals surface area (Å²) in [7, 11) is 3.64. The number of nitrogens with one attached hydrogen (secondary N) is 1. The minimum absolute atomic E-state index is 0. The molecule has 24 heavy (non-hydrogen) atoms. The Morgan fingerprint density at radius 3 is 2.88 bits per heavy atom. The normalized spacial score (nSPS) is 22.2. The molecule has 1 atom stereocenters. The van der Waals surface area contributed by atoms with Crippen LogP contribution in [-0.2, 0) is 10.2 Å². The quantitative estimate of drug-likeness (QED) is 0.412. The number of hydrogen-bond acceptors (Lipinski definition) is 2. The van der Waals surface area contributed by atoms with E-state index in [1.165, 1.54) is 24.8 Å². The number of nitrogens with zero attached hydrogens (tertiary/aromatic N) is 2. The second-order valence-corrected chi connectivity index (χ2v) is 7.18. The van der Waals surface area contributed by atoms with Crippen LogP contribution < -0.4 is 5.32 Å². The van der Waals surface area contributed by atoms with Gasteiger partial charge in [0.25, 0.3) is 0 Å². The van der Waals surface area contributed by atoms with Gasteiger partial charge >= 0.3 is 0 Å². The van der Waals surface area contributed by atoms with Gasteiger partial charge in [-0.2, -0.15) is 0 Å². The second kappa shape index (κ2) is 8.72. The van der Waals surface area contributed by atoms with Crippen molar-refractivity contribution in [2.45, 2.75) is 24.7 Å². The molecule has 1 saturated carbocycles. The molecule has 1 aromatic rings. The van der Waals surface area contributed by atoms with E-state index in [1.54, 1.807) is 7.11 Å². The van der Waals surface area contributed by atoms with Crippen LogP contribution in [0.4, 0.5) is 0 Å². The maximum Gasteiger partial charge on any atom is 0.193 e. The molecule has 4 nitrogen and oxygen atoms in total. The average molecular weight is 464 g/mol. The van der Waals surface area contributed by atoms with Gasteiger partial charge < -0.3 is 15.0 Å². The Hall–Kier alpha value is -0.530. The number of benzene rings is 1. The minimum Gasteiger partial charge on any atom is -0.384 e. The molecular formula is C18H27ClIN3O. The summed E-state index contributed by atoms with van der Waals surface area (Å²) in [5, 5.41) is 4.41. The van der Waals surface area contributed by atoms with Gasteiger partial charge in [-0.3, -0.25) is 4.99 Å². The van der Waals surface area contributed by atoms with E-state index in [9.17, 15) is 0 Å². The molecule has 1 unspecified atom stereocenters. The molecule has 2 fully saturated rings. The Bertz CT molecular complexity index is 577. The number of ether oxygens (including phenoxy) is 1. The summed E-state index contributed by atoms with van der Waals surface area (Å²) < 4.78 is 5.28. The summed E-state index contributed by atoms with van der Waals surface area (Å²) in [5.41, 5.74) is 1.57. The lowest BCUT2D eigenvalue weighted by atomic mass is 9.96. The zero-order valence-corrected chi connectivity index (χ0v) is 17.5. The van der Waals surface area contributed by atoms with Crippen LogP contribution in [0.1, 0.15) is 24.8 Å². The highest BCUT2D eigenvalue weighted by atomic mass is 127. The number of likely N-dealkylation sites (tertiary alicyclic amines) is 1. The van der Waals surface area contributed by atoms with Crippen molar-refractivity contribution in [3.63, 3.8) is 0 Å². The van der Waals surface area contributed by atoms with Gasteiger partial charge in [0.2, 0.25) is 0 Å². The summed E-state index contributed by atoms with van der Waals surface area (Å²) >= 11 is 6.15. The summed E-state index contributed by atoms with van der Waals surface area (Å²) in [4.78, 5) is 6.82. The van der Waals surface area contributed by atoms with Crippen molar-refractivity contribution in [2.75, 3.05) is 40.4 Å². The zero-order valence-electron chi connectivity index (χ0n) is 14.4. The molecule has 1 N–H and O–H groups in total. The van der Waals surface area contributed by atoms with Gasteiger partial charge in [-0.05, 0) is 37.0 Å². The van der Waals surface area contributed by atoms with Gasteiger partial charge in [0.15, 0.2) is 5.96 Å². The number of hydrogen-bond donors (Lipinski definition) is 1. The Kier molecular flexibility index (Phi) is 7.19. The van der Waals surface area contributed by atoms with Gasteiger partial charge in [-0.25, -0.2) is 0 Å². The van der Waals surface area contributed by atoms with Crippen molar-refractivity contribution in [2.24, 2.45) is 10.9 Å². The molecule has 1 aliphatic heterocycles. The van der Waals surface area contributed by atoms with Crippen molar-refractivity contribution in [1.82, 2.24) is 10.2 Å².